The summed E-state index contributed by atoms with van der Waals surface area (Å²) in [7, 11) is 0. The normalized spacial score (nSPS) is 16.3. The van der Waals surface area contributed by atoms with E-state index in [1.54, 1.807) is 47.4 Å². The summed E-state index contributed by atoms with van der Waals surface area (Å²) in [6, 6.07) is 13.9. The third-order valence-corrected chi connectivity index (χ3v) is 5.35. The van der Waals surface area contributed by atoms with Crippen LogP contribution in [0.4, 0.5) is 0 Å². The van der Waals surface area contributed by atoms with Crippen LogP contribution < -0.4 is 11.1 Å². The van der Waals surface area contributed by atoms with Gasteiger partial charge in [0.2, 0.25) is 11.8 Å². The molecule has 152 valence electrons. The standard InChI is InChI=1S/C22H24ClN3O3/c23-19-8-6-16(7-9-19)22(29)26-12-2-5-18(14-26)21(28)25-11-10-15-3-1-4-17(13-15)20(24)27/h1,3-4,6-9,13,18H,2,5,10-12,14H2,(H2,24,27)(H,25,28). The molecular formula is C22H24ClN3O3. The first-order valence-corrected chi connectivity index (χ1v) is 10.0. The number of primary amides is 1. The summed E-state index contributed by atoms with van der Waals surface area (Å²) in [6.07, 6.45) is 2.15. The van der Waals surface area contributed by atoms with E-state index in [1.165, 1.54) is 0 Å². The molecule has 0 radical (unpaired) electrons. The lowest BCUT2D eigenvalue weighted by atomic mass is 9.96. The number of rotatable bonds is 6. The van der Waals surface area contributed by atoms with E-state index in [0.29, 0.717) is 42.2 Å². The summed E-state index contributed by atoms with van der Waals surface area (Å²) in [4.78, 5) is 38.2. The minimum atomic E-state index is -0.469. The van der Waals surface area contributed by atoms with Gasteiger partial charge in [0.05, 0.1) is 5.92 Å². The van der Waals surface area contributed by atoms with Crippen LogP contribution in [0.3, 0.4) is 0 Å². The summed E-state index contributed by atoms with van der Waals surface area (Å²) in [5, 5.41) is 3.53. The second-order valence-electron chi connectivity index (χ2n) is 7.20. The van der Waals surface area contributed by atoms with Crippen molar-refractivity contribution in [2.24, 2.45) is 11.7 Å². The molecule has 7 heteroatoms. The van der Waals surface area contributed by atoms with Crippen molar-refractivity contribution < 1.29 is 14.4 Å². The number of nitrogens with zero attached hydrogens (tertiary/aromatic N) is 1. The minimum Gasteiger partial charge on any atom is -0.366 e. The largest absolute Gasteiger partial charge is 0.366 e. The maximum Gasteiger partial charge on any atom is 0.253 e. The van der Waals surface area contributed by atoms with Crippen LogP contribution >= 0.6 is 11.6 Å². The molecule has 0 aromatic heterocycles. The van der Waals surface area contributed by atoms with Gasteiger partial charge in [0.15, 0.2) is 0 Å². The van der Waals surface area contributed by atoms with Crippen molar-refractivity contribution in [3.05, 3.63) is 70.2 Å². The van der Waals surface area contributed by atoms with E-state index in [0.717, 1.165) is 18.4 Å². The maximum atomic E-state index is 12.7. The molecule has 0 spiro atoms. The first kappa shape index (κ1) is 20.9. The molecule has 3 N–H and O–H groups in total. The second-order valence-corrected chi connectivity index (χ2v) is 7.64. The summed E-state index contributed by atoms with van der Waals surface area (Å²) >= 11 is 5.88. The number of benzene rings is 2. The molecule has 6 nitrogen and oxygen atoms in total. The highest BCUT2D eigenvalue weighted by molar-refractivity contribution is 6.30. The lowest BCUT2D eigenvalue weighted by Gasteiger charge is -2.32. The van der Waals surface area contributed by atoms with Crippen LogP contribution in [0.25, 0.3) is 0 Å². The highest BCUT2D eigenvalue weighted by Gasteiger charge is 2.28. The van der Waals surface area contributed by atoms with Gasteiger partial charge >= 0.3 is 0 Å². The zero-order chi connectivity index (χ0) is 20.8. The quantitative estimate of drug-likeness (QED) is 0.762. The number of piperidine rings is 1. The number of nitrogens with two attached hydrogens (primary N) is 1. The van der Waals surface area contributed by atoms with Crippen molar-refractivity contribution in [1.29, 1.82) is 0 Å². The SMILES string of the molecule is NC(=O)c1cccc(CCNC(=O)C2CCCN(C(=O)c3ccc(Cl)cc3)C2)c1. The molecule has 0 aliphatic carbocycles. The summed E-state index contributed by atoms with van der Waals surface area (Å²) in [5.74, 6) is -0.826. The van der Waals surface area contributed by atoms with Gasteiger partial charge < -0.3 is 16.0 Å². The van der Waals surface area contributed by atoms with E-state index < -0.39 is 5.91 Å². The summed E-state index contributed by atoms with van der Waals surface area (Å²) < 4.78 is 0. The van der Waals surface area contributed by atoms with Gasteiger partial charge in [-0.05, 0) is 61.2 Å². The molecule has 29 heavy (non-hydrogen) atoms. The number of carbonyl (C=O) groups excluding carboxylic acids is 3. The molecule has 1 aliphatic heterocycles. The van der Waals surface area contributed by atoms with Crippen LogP contribution in [0, 0.1) is 5.92 Å². The number of nitrogens with one attached hydrogen (secondary N) is 1. The van der Waals surface area contributed by atoms with Crippen LogP contribution in [-0.4, -0.2) is 42.3 Å². The Kier molecular flexibility index (Phi) is 6.88. The molecule has 2 aromatic rings. The lowest BCUT2D eigenvalue weighted by Crippen LogP contribution is -2.45. The van der Waals surface area contributed by atoms with E-state index in [4.69, 9.17) is 17.3 Å². The average molecular weight is 414 g/mol. The number of hydrogen-bond donors (Lipinski definition) is 2. The van der Waals surface area contributed by atoms with Gasteiger partial charge in [-0.1, -0.05) is 23.7 Å². The molecule has 1 atom stereocenters. The molecule has 3 amide bonds. The highest BCUT2D eigenvalue weighted by Crippen LogP contribution is 2.20. The Morgan fingerprint density at radius 1 is 1.10 bits per heavy atom. The van der Waals surface area contributed by atoms with Gasteiger partial charge in [-0.25, -0.2) is 0 Å². The van der Waals surface area contributed by atoms with Crippen molar-refractivity contribution in [3.8, 4) is 0 Å². The molecule has 1 heterocycles. The number of likely N-dealkylation sites (tertiary alicyclic amines) is 1. The number of halogens is 1. The van der Waals surface area contributed by atoms with Crippen molar-refractivity contribution in [3.63, 3.8) is 0 Å². The Hall–Kier alpha value is -2.86. The second kappa shape index (κ2) is 9.56. The predicted octanol–water partition coefficient (Wildman–Crippen LogP) is 2.65. The Morgan fingerprint density at radius 2 is 1.86 bits per heavy atom. The van der Waals surface area contributed by atoms with Gasteiger partial charge in [-0.15, -0.1) is 0 Å². The Balaban J connectivity index is 1.51. The Morgan fingerprint density at radius 3 is 2.59 bits per heavy atom. The Labute approximate surface area is 175 Å². The molecule has 1 aliphatic rings. The van der Waals surface area contributed by atoms with Crippen LogP contribution in [-0.2, 0) is 11.2 Å². The fourth-order valence-electron chi connectivity index (χ4n) is 3.51. The van der Waals surface area contributed by atoms with Crippen LogP contribution in [0.2, 0.25) is 5.02 Å². The zero-order valence-corrected chi connectivity index (χ0v) is 16.8. The van der Waals surface area contributed by atoms with Crippen molar-refractivity contribution in [2.75, 3.05) is 19.6 Å². The number of carbonyl (C=O) groups is 3. The van der Waals surface area contributed by atoms with E-state index in [1.807, 2.05) is 6.07 Å². The number of amides is 3. The van der Waals surface area contributed by atoms with Gasteiger partial charge in [0.1, 0.15) is 0 Å². The number of hydrogen-bond acceptors (Lipinski definition) is 3. The van der Waals surface area contributed by atoms with Gasteiger partial charge in [-0.3, -0.25) is 14.4 Å². The molecule has 3 rings (SSSR count). The third kappa shape index (κ3) is 5.57. The predicted molar refractivity (Wildman–Crippen MR) is 112 cm³/mol. The molecule has 0 saturated carbocycles. The van der Waals surface area contributed by atoms with Gasteiger partial charge in [0.25, 0.3) is 5.91 Å². The third-order valence-electron chi connectivity index (χ3n) is 5.09. The molecule has 1 saturated heterocycles. The van der Waals surface area contributed by atoms with Gasteiger partial charge in [-0.2, -0.15) is 0 Å². The monoisotopic (exact) mass is 413 g/mol. The summed E-state index contributed by atoms with van der Waals surface area (Å²) in [5.41, 5.74) is 7.26. The first-order valence-electron chi connectivity index (χ1n) is 9.65. The van der Waals surface area contributed by atoms with Crippen molar-refractivity contribution in [1.82, 2.24) is 10.2 Å². The van der Waals surface area contributed by atoms with Crippen molar-refractivity contribution >= 4 is 29.3 Å². The summed E-state index contributed by atoms with van der Waals surface area (Å²) in [6.45, 7) is 1.51. The lowest BCUT2D eigenvalue weighted by molar-refractivity contribution is -0.126. The Bertz CT molecular complexity index is 898. The molecular weight excluding hydrogens is 390 g/mol. The fraction of sp³-hybridized carbons (Fsp3) is 0.318. The topological polar surface area (TPSA) is 92.5 Å². The molecule has 1 unspecified atom stereocenters. The first-order chi connectivity index (χ1) is 13.9. The van der Waals surface area contributed by atoms with E-state index in [2.05, 4.69) is 5.32 Å². The fourth-order valence-corrected chi connectivity index (χ4v) is 3.63. The minimum absolute atomic E-state index is 0.0512. The van der Waals surface area contributed by atoms with E-state index in [-0.39, 0.29) is 17.7 Å². The van der Waals surface area contributed by atoms with Crippen LogP contribution in [0.5, 0.6) is 0 Å². The molecule has 1 fully saturated rings. The zero-order valence-electron chi connectivity index (χ0n) is 16.1. The van der Waals surface area contributed by atoms with Gasteiger partial charge in [0, 0.05) is 35.8 Å². The molecule has 2 aromatic carbocycles. The van der Waals surface area contributed by atoms with Crippen LogP contribution in [0.1, 0.15) is 39.1 Å². The van der Waals surface area contributed by atoms with Crippen LogP contribution in [0.15, 0.2) is 48.5 Å². The maximum absolute atomic E-state index is 12.7. The van der Waals surface area contributed by atoms with E-state index in [9.17, 15) is 14.4 Å². The van der Waals surface area contributed by atoms with E-state index >= 15 is 0 Å². The average Bonchev–Trinajstić information content (AvgIpc) is 2.74. The molecule has 0 bridgehead atoms. The highest BCUT2D eigenvalue weighted by atomic mass is 35.5. The smallest absolute Gasteiger partial charge is 0.253 e. The van der Waals surface area contributed by atoms with Crippen molar-refractivity contribution in [2.45, 2.75) is 19.3 Å².